The minimum absolute atomic E-state index is 0.0702. The molecule has 2 aromatic carbocycles. The van der Waals surface area contributed by atoms with Crippen LogP contribution < -0.4 is 10.0 Å². The molecule has 1 amide bonds. The van der Waals surface area contributed by atoms with E-state index in [0.717, 1.165) is 18.4 Å². The van der Waals surface area contributed by atoms with Gasteiger partial charge in [0.2, 0.25) is 10.0 Å². The fourth-order valence-electron chi connectivity index (χ4n) is 1.96. The van der Waals surface area contributed by atoms with Crippen LogP contribution >= 0.6 is 23.2 Å². The number of carbonyl (C=O) groups excluding carboxylic acids is 1. The number of sulfonamides is 1. The Morgan fingerprint density at radius 1 is 1.04 bits per heavy atom. The van der Waals surface area contributed by atoms with Crippen molar-refractivity contribution < 1.29 is 26.4 Å². The van der Waals surface area contributed by atoms with Gasteiger partial charge in [0.25, 0.3) is 5.91 Å². The third-order valence-corrected chi connectivity index (χ3v) is 4.31. The third-order valence-electron chi connectivity index (χ3n) is 3.06. The van der Waals surface area contributed by atoms with Crippen molar-refractivity contribution >= 4 is 50.5 Å². The van der Waals surface area contributed by atoms with Crippen molar-refractivity contribution in [2.24, 2.45) is 0 Å². The fraction of sp³-hybridized carbons (Fsp3) is 0.133. The minimum Gasteiger partial charge on any atom is -0.321 e. The van der Waals surface area contributed by atoms with Gasteiger partial charge >= 0.3 is 6.18 Å². The molecule has 0 bridgehead atoms. The highest BCUT2D eigenvalue weighted by Crippen LogP contribution is 2.34. The van der Waals surface area contributed by atoms with Gasteiger partial charge < -0.3 is 5.32 Å². The van der Waals surface area contributed by atoms with E-state index in [-0.39, 0.29) is 27.0 Å². The predicted octanol–water partition coefficient (Wildman–Crippen LogP) is 4.64. The summed E-state index contributed by atoms with van der Waals surface area (Å²) in [6, 6.07) is 6.22. The number of alkyl halides is 3. The van der Waals surface area contributed by atoms with Crippen LogP contribution in [0.25, 0.3) is 0 Å². The van der Waals surface area contributed by atoms with E-state index in [1.807, 2.05) is 0 Å². The lowest BCUT2D eigenvalue weighted by Gasteiger charge is -2.13. The number of carbonyl (C=O) groups is 1. The second kappa shape index (κ2) is 7.34. The van der Waals surface area contributed by atoms with Crippen LogP contribution in [0.4, 0.5) is 24.5 Å². The van der Waals surface area contributed by atoms with Crippen molar-refractivity contribution in [2.75, 3.05) is 16.3 Å². The smallest absolute Gasteiger partial charge is 0.321 e. The Balaban J connectivity index is 2.28. The molecule has 0 radical (unpaired) electrons. The molecular weight excluding hydrogens is 416 g/mol. The van der Waals surface area contributed by atoms with E-state index in [9.17, 15) is 26.4 Å². The minimum atomic E-state index is -4.60. The van der Waals surface area contributed by atoms with Gasteiger partial charge in [-0.15, -0.1) is 0 Å². The molecule has 140 valence electrons. The lowest BCUT2D eigenvalue weighted by molar-refractivity contribution is -0.137. The highest BCUT2D eigenvalue weighted by atomic mass is 35.5. The molecule has 0 heterocycles. The SMILES string of the molecule is CS(=O)(=O)Nc1ccc(C(=O)Nc2cc(C(F)(F)F)ccc2Cl)c(Cl)c1. The molecule has 0 aliphatic heterocycles. The summed E-state index contributed by atoms with van der Waals surface area (Å²) < 4.78 is 62.9. The number of anilines is 2. The first kappa shape index (κ1) is 20.3. The molecule has 2 aromatic rings. The fourth-order valence-corrected chi connectivity index (χ4v) is 2.95. The summed E-state index contributed by atoms with van der Waals surface area (Å²) in [6.45, 7) is 0. The molecule has 0 saturated heterocycles. The maximum atomic E-state index is 12.8. The first-order valence-corrected chi connectivity index (χ1v) is 9.47. The molecule has 2 N–H and O–H groups in total. The number of rotatable bonds is 4. The van der Waals surface area contributed by atoms with Gasteiger partial charge in [0.1, 0.15) is 0 Å². The van der Waals surface area contributed by atoms with E-state index in [2.05, 4.69) is 10.0 Å². The monoisotopic (exact) mass is 426 g/mol. The van der Waals surface area contributed by atoms with Crippen molar-refractivity contribution in [3.63, 3.8) is 0 Å². The van der Waals surface area contributed by atoms with E-state index in [4.69, 9.17) is 23.2 Å². The van der Waals surface area contributed by atoms with Gasteiger partial charge in [0.15, 0.2) is 0 Å². The van der Waals surface area contributed by atoms with Crippen LogP contribution in [0.15, 0.2) is 36.4 Å². The third kappa shape index (κ3) is 5.26. The number of hydrogen-bond acceptors (Lipinski definition) is 3. The standard InChI is InChI=1S/C15H11Cl2F3N2O3S/c1-26(24,25)22-9-3-4-10(12(17)7-9)14(23)21-13-6-8(15(18,19)20)2-5-11(13)16/h2-7,22H,1H3,(H,21,23). The van der Waals surface area contributed by atoms with E-state index >= 15 is 0 Å². The zero-order valence-corrected chi connectivity index (χ0v) is 15.3. The molecule has 0 fully saturated rings. The number of nitrogens with one attached hydrogen (secondary N) is 2. The molecule has 0 saturated carbocycles. The van der Waals surface area contributed by atoms with E-state index in [0.29, 0.717) is 6.07 Å². The zero-order valence-electron chi connectivity index (χ0n) is 13.0. The predicted molar refractivity (Wildman–Crippen MR) is 94.3 cm³/mol. The van der Waals surface area contributed by atoms with E-state index < -0.39 is 27.7 Å². The highest BCUT2D eigenvalue weighted by Gasteiger charge is 2.31. The number of amides is 1. The van der Waals surface area contributed by atoms with Gasteiger partial charge in [-0.05, 0) is 36.4 Å². The number of halogens is 5. The van der Waals surface area contributed by atoms with Gasteiger partial charge in [0.05, 0.1) is 33.1 Å². The quantitative estimate of drug-likeness (QED) is 0.747. The van der Waals surface area contributed by atoms with Crippen molar-refractivity contribution in [2.45, 2.75) is 6.18 Å². The molecule has 5 nitrogen and oxygen atoms in total. The van der Waals surface area contributed by atoms with E-state index in [1.54, 1.807) is 0 Å². The Kier molecular flexibility index (Phi) is 5.74. The summed E-state index contributed by atoms with van der Waals surface area (Å²) in [6.07, 6.45) is -3.65. The topological polar surface area (TPSA) is 75.3 Å². The van der Waals surface area contributed by atoms with Crippen molar-refractivity contribution in [3.8, 4) is 0 Å². The molecule has 0 aliphatic carbocycles. The summed E-state index contributed by atoms with van der Waals surface area (Å²) in [4.78, 5) is 12.3. The van der Waals surface area contributed by atoms with Gasteiger partial charge in [-0.2, -0.15) is 13.2 Å². The molecule has 0 atom stereocenters. The van der Waals surface area contributed by atoms with Crippen LogP contribution in [0.2, 0.25) is 10.0 Å². The first-order chi connectivity index (χ1) is 11.9. The second-order valence-corrected chi connectivity index (χ2v) is 7.78. The second-order valence-electron chi connectivity index (χ2n) is 5.22. The Morgan fingerprint density at radius 2 is 1.69 bits per heavy atom. The van der Waals surface area contributed by atoms with Gasteiger partial charge in [-0.25, -0.2) is 8.42 Å². The summed E-state index contributed by atoms with van der Waals surface area (Å²) in [5.74, 6) is -0.804. The van der Waals surface area contributed by atoms with Crippen LogP contribution in [0.3, 0.4) is 0 Å². The average Bonchev–Trinajstić information content (AvgIpc) is 2.46. The van der Waals surface area contributed by atoms with Gasteiger partial charge in [-0.3, -0.25) is 9.52 Å². The number of benzene rings is 2. The Labute approximate surface area is 157 Å². The summed E-state index contributed by atoms with van der Waals surface area (Å²) in [5, 5.41) is 2.07. The molecule has 0 aliphatic rings. The largest absolute Gasteiger partial charge is 0.416 e. The number of hydrogen-bond donors (Lipinski definition) is 2. The molecule has 0 aromatic heterocycles. The molecule has 26 heavy (non-hydrogen) atoms. The summed E-state index contributed by atoms with van der Waals surface area (Å²) in [5.41, 5.74) is -1.15. The van der Waals surface area contributed by atoms with Crippen LogP contribution in [0.1, 0.15) is 15.9 Å². The van der Waals surface area contributed by atoms with Crippen molar-refractivity contribution in [1.29, 1.82) is 0 Å². The van der Waals surface area contributed by atoms with Crippen LogP contribution in [-0.2, 0) is 16.2 Å². The maximum absolute atomic E-state index is 12.8. The molecule has 0 unspecified atom stereocenters. The van der Waals surface area contributed by atoms with E-state index in [1.165, 1.54) is 18.2 Å². The van der Waals surface area contributed by atoms with Crippen LogP contribution in [0, 0.1) is 0 Å². The summed E-state index contributed by atoms with van der Waals surface area (Å²) >= 11 is 11.8. The molecule has 11 heteroatoms. The van der Waals surface area contributed by atoms with Crippen molar-refractivity contribution in [1.82, 2.24) is 0 Å². The van der Waals surface area contributed by atoms with Crippen LogP contribution in [0.5, 0.6) is 0 Å². The lowest BCUT2D eigenvalue weighted by Crippen LogP contribution is -2.15. The Bertz CT molecular complexity index is 963. The zero-order chi connectivity index (χ0) is 19.7. The Hall–Kier alpha value is -1.97. The normalized spacial score (nSPS) is 11.9. The average molecular weight is 427 g/mol. The van der Waals surface area contributed by atoms with Gasteiger partial charge in [-0.1, -0.05) is 23.2 Å². The molecule has 2 rings (SSSR count). The highest BCUT2D eigenvalue weighted by molar-refractivity contribution is 7.92. The van der Waals surface area contributed by atoms with Gasteiger partial charge in [0, 0.05) is 5.69 Å². The van der Waals surface area contributed by atoms with Crippen LogP contribution in [-0.4, -0.2) is 20.6 Å². The Morgan fingerprint density at radius 3 is 2.23 bits per heavy atom. The lowest BCUT2D eigenvalue weighted by atomic mass is 10.1. The molecule has 0 spiro atoms. The first-order valence-electron chi connectivity index (χ1n) is 6.82. The maximum Gasteiger partial charge on any atom is 0.416 e. The molecular formula is C15H11Cl2F3N2O3S. The van der Waals surface area contributed by atoms with Crippen molar-refractivity contribution in [3.05, 3.63) is 57.6 Å². The summed E-state index contributed by atoms with van der Waals surface area (Å²) in [7, 11) is -3.53.